The van der Waals surface area contributed by atoms with Crippen molar-refractivity contribution in [2.75, 3.05) is 32.0 Å². The molecule has 1 aliphatic heterocycles. The maximum Gasteiger partial charge on any atom is 0.416 e. The molecule has 3 aromatic rings. The molecule has 2 aromatic carbocycles. The molecule has 1 unspecified atom stereocenters. The SMILES string of the molecule is CNc1ccc(-c2cccc(C(F)(F)F)c2)cc1C(=O)N1CCN(Cc2ccncc2)CC1C=O. The van der Waals surface area contributed by atoms with Gasteiger partial charge in [-0.3, -0.25) is 14.7 Å². The number of nitrogens with zero attached hydrogens (tertiary/aromatic N) is 3. The van der Waals surface area contributed by atoms with Crippen LogP contribution in [0.15, 0.2) is 67.0 Å². The maximum absolute atomic E-state index is 13.5. The van der Waals surface area contributed by atoms with Crippen molar-refractivity contribution in [1.29, 1.82) is 0 Å². The van der Waals surface area contributed by atoms with Crippen molar-refractivity contribution < 1.29 is 22.8 Å². The van der Waals surface area contributed by atoms with E-state index in [1.165, 1.54) is 11.0 Å². The lowest BCUT2D eigenvalue weighted by atomic mass is 9.98. The van der Waals surface area contributed by atoms with Crippen LogP contribution in [0.5, 0.6) is 0 Å². The molecule has 0 bridgehead atoms. The molecule has 9 heteroatoms. The van der Waals surface area contributed by atoms with Crippen LogP contribution in [0.3, 0.4) is 0 Å². The molecule has 0 radical (unpaired) electrons. The monoisotopic (exact) mass is 482 g/mol. The average Bonchev–Trinajstić information content (AvgIpc) is 2.88. The number of carbonyl (C=O) groups excluding carboxylic acids is 2. The first-order valence-corrected chi connectivity index (χ1v) is 11.2. The lowest BCUT2D eigenvalue weighted by Crippen LogP contribution is -2.55. The molecule has 1 aromatic heterocycles. The third-order valence-corrected chi connectivity index (χ3v) is 6.12. The summed E-state index contributed by atoms with van der Waals surface area (Å²) < 4.78 is 39.6. The highest BCUT2D eigenvalue weighted by Gasteiger charge is 2.33. The molecule has 4 rings (SSSR count). The van der Waals surface area contributed by atoms with Gasteiger partial charge in [0.2, 0.25) is 0 Å². The summed E-state index contributed by atoms with van der Waals surface area (Å²) in [5.41, 5.74) is 1.98. The van der Waals surface area contributed by atoms with Gasteiger partial charge >= 0.3 is 6.18 Å². The van der Waals surface area contributed by atoms with Crippen LogP contribution in [0.2, 0.25) is 0 Å². The van der Waals surface area contributed by atoms with Crippen molar-refractivity contribution in [3.63, 3.8) is 0 Å². The summed E-state index contributed by atoms with van der Waals surface area (Å²) in [6, 6.07) is 13.1. The fourth-order valence-corrected chi connectivity index (χ4v) is 4.28. The summed E-state index contributed by atoms with van der Waals surface area (Å²) in [5.74, 6) is -0.344. The van der Waals surface area contributed by atoms with E-state index in [1.807, 2.05) is 12.1 Å². The first-order chi connectivity index (χ1) is 16.8. The number of piperazine rings is 1. The third kappa shape index (κ3) is 5.51. The van der Waals surface area contributed by atoms with Crippen LogP contribution in [-0.4, -0.2) is 59.7 Å². The Balaban J connectivity index is 1.58. The van der Waals surface area contributed by atoms with E-state index < -0.39 is 17.8 Å². The fourth-order valence-electron chi connectivity index (χ4n) is 4.28. The zero-order chi connectivity index (χ0) is 25.0. The van der Waals surface area contributed by atoms with Crippen LogP contribution in [0, 0.1) is 0 Å². The highest BCUT2D eigenvalue weighted by molar-refractivity contribution is 6.02. The number of carbonyl (C=O) groups is 2. The molecule has 35 heavy (non-hydrogen) atoms. The van der Waals surface area contributed by atoms with Gasteiger partial charge in [0.1, 0.15) is 12.3 Å². The van der Waals surface area contributed by atoms with Crippen molar-refractivity contribution >= 4 is 17.9 Å². The quantitative estimate of drug-likeness (QED) is 0.530. The van der Waals surface area contributed by atoms with E-state index in [9.17, 15) is 22.8 Å². The van der Waals surface area contributed by atoms with Gasteiger partial charge in [0.25, 0.3) is 5.91 Å². The van der Waals surface area contributed by atoms with Gasteiger partial charge < -0.3 is 15.0 Å². The molecular weight excluding hydrogens is 457 g/mol. The Hall–Kier alpha value is -3.72. The van der Waals surface area contributed by atoms with Gasteiger partial charge in [-0.15, -0.1) is 0 Å². The van der Waals surface area contributed by atoms with Gasteiger partial charge in [0.15, 0.2) is 0 Å². The smallest absolute Gasteiger partial charge is 0.387 e. The Morgan fingerprint density at radius 2 is 1.83 bits per heavy atom. The van der Waals surface area contributed by atoms with Crippen LogP contribution in [0.25, 0.3) is 11.1 Å². The van der Waals surface area contributed by atoms with Gasteiger partial charge in [-0.1, -0.05) is 18.2 Å². The van der Waals surface area contributed by atoms with Gasteiger partial charge in [-0.2, -0.15) is 13.2 Å². The molecule has 0 saturated carbocycles. The summed E-state index contributed by atoms with van der Waals surface area (Å²) in [6.07, 6.45) is -0.273. The minimum Gasteiger partial charge on any atom is -0.387 e. The van der Waals surface area contributed by atoms with Crippen molar-refractivity contribution in [1.82, 2.24) is 14.8 Å². The van der Waals surface area contributed by atoms with Crippen LogP contribution in [0.1, 0.15) is 21.5 Å². The molecule has 1 fully saturated rings. The predicted octanol–water partition coefficient (Wildman–Crippen LogP) is 4.33. The fraction of sp³-hybridized carbons (Fsp3) is 0.269. The Labute approximate surface area is 201 Å². The second kappa shape index (κ2) is 10.3. The minimum absolute atomic E-state index is 0.303. The summed E-state index contributed by atoms with van der Waals surface area (Å²) in [7, 11) is 1.67. The minimum atomic E-state index is -4.47. The van der Waals surface area contributed by atoms with E-state index >= 15 is 0 Å². The van der Waals surface area contributed by atoms with Crippen molar-refractivity contribution in [3.05, 3.63) is 83.7 Å². The molecule has 2 heterocycles. The molecule has 182 valence electrons. The number of alkyl halides is 3. The Morgan fingerprint density at radius 1 is 1.09 bits per heavy atom. The zero-order valence-electron chi connectivity index (χ0n) is 19.1. The number of aldehydes is 1. The first-order valence-electron chi connectivity index (χ1n) is 11.2. The van der Waals surface area contributed by atoms with Gasteiger partial charge in [0, 0.05) is 51.3 Å². The number of rotatable bonds is 6. The maximum atomic E-state index is 13.5. The number of hydrogen-bond acceptors (Lipinski definition) is 5. The number of halogens is 3. The number of pyridine rings is 1. The molecule has 0 spiro atoms. The first kappa shape index (κ1) is 24.4. The largest absolute Gasteiger partial charge is 0.416 e. The van der Waals surface area contributed by atoms with Crippen LogP contribution in [0.4, 0.5) is 18.9 Å². The van der Waals surface area contributed by atoms with Crippen LogP contribution in [-0.2, 0) is 17.5 Å². The summed E-state index contributed by atoms with van der Waals surface area (Å²) in [6.45, 7) is 1.96. The highest BCUT2D eigenvalue weighted by atomic mass is 19.4. The number of aromatic nitrogens is 1. The van der Waals surface area contributed by atoms with Gasteiger partial charge in [0.05, 0.1) is 11.1 Å². The number of nitrogens with one attached hydrogen (secondary N) is 1. The number of benzene rings is 2. The second-order valence-electron chi connectivity index (χ2n) is 8.38. The molecule has 1 aliphatic rings. The van der Waals surface area contributed by atoms with Crippen LogP contribution < -0.4 is 5.32 Å². The number of amides is 1. The van der Waals surface area contributed by atoms with E-state index in [0.717, 1.165) is 24.0 Å². The molecule has 1 saturated heterocycles. The molecule has 0 aliphatic carbocycles. The average molecular weight is 483 g/mol. The van der Waals surface area contributed by atoms with E-state index in [0.29, 0.717) is 48.6 Å². The highest BCUT2D eigenvalue weighted by Crippen LogP contribution is 2.33. The number of hydrogen-bond donors (Lipinski definition) is 1. The van der Waals surface area contributed by atoms with E-state index in [4.69, 9.17) is 0 Å². The summed E-state index contributed by atoms with van der Waals surface area (Å²) in [5, 5.41) is 2.97. The van der Waals surface area contributed by atoms with Crippen molar-refractivity contribution in [3.8, 4) is 11.1 Å². The second-order valence-corrected chi connectivity index (χ2v) is 8.38. The standard InChI is InChI=1S/C26H25F3N4O2/c1-30-24-6-5-20(19-3-2-4-21(13-19)26(27,28)29)14-23(24)25(35)33-12-11-32(16-22(33)17-34)15-18-7-9-31-10-8-18/h2-10,13-14,17,22,30H,11-12,15-16H2,1H3. The van der Waals surface area contributed by atoms with E-state index in [1.54, 1.807) is 43.7 Å². The Bertz CT molecular complexity index is 1200. The van der Waals surface area contributed by atoms with E-state index in [2.05, 4.69) is 15.2 Å². The molecule has 6 nitrogen and oxygen atoms in total. The molecule has 1 atom stereocenters. The Kier molecular flexibility index (Phi) is 7.16. The van der Waals surface area contributed by atoms with Crippen LogP contribution >= 0.6 is 0 Å². The van der Waals surface area contributed by atoms with Crippen molar-refractivity contribution in [2.45, 2.75) is 18.8 Å². The zero-order valence-corrected chi connectivity index (χ0v) is 19.1. The molecule has 1 amide bonds. The molecular formula is C26H25F3N4O2. The van der Waals surface area contributed by atoms with E-state index in [-0.39, 0.29) is 5.91 Å². The number of anilines is 1. The van der Waals surface area contributed by atoms with Crippen molar-refractivity contribution in [2.24, 2.45) is 0 Å². The Morgan fingerprint density at radius 3 is 2.51 bits per heavy atom. The summed E-state index contributed by atoms with van der Waals surface area (Å²) >= 11 is 0. The van der Waals surface area contributed by atoms with Gasteiger partial charge in [-0.05, 0) is 53.1 Å². The topological polar surface area (TPSA) is 65.5 Å². The lowest BCUT2D eigenvalue weighted by molar-refractivity contribution is -0.137. The molecule has 1 N–H and O–H groups in total. The third-order valence-electron chi connectivity index (χ3n) is 6.12. The summed E-state index contributed by atoms with van der Waals surface area (Å²) in [4.78, 5) is 33.1. The lowest BCUT2D eigenvalue weighted by Gasteiger charge is -2.39. The predicted molar refractivity (Wildman–Crippen MR) is 127 cm³/mol. The van der Waals surface area contributed by atoms with Gasteiger partial charge in [-0.25, -0.2) is 0 Å². The normalized spacial score (nSPS) is 16.7.